The molecule has 0 spiro atoms. The number of piperidine rings is 1. The number of carboxylic acids is 2. The molecule has 0 unspecified atom stereocenters. The number of carbonyl (C=O) groups excluding carboxylic acids is 1. The van der Waals surface area contributed by atoms with Gasteiger partial charge in [-0.05, 0) is 55.5 Å². The lowest BCUT2D eigenvalue weighted by atomic mass is 9.97. The first kappa shape index (κ1) is 26.0. The summed E-state index contributed by atoms with van der Waals surface area (Å²) in [6.07, 6.45) is 1.79. The van der Waals surface area contributed by atoms with Crippen molar-refractivity contribution in [2.24, 2.45) is 5.92 Å². The van der Waals surface area contributed by atoms with Gasteiger partial charge >= 0.3 is 18.0 Å². The number of aliphatic carboxylic acids is 1. The molecular weight excluding hydrogens is 494 g/mol. The maximum Gasteiger partial charge on any atom is 0.349 e. The van der Waals surface area contributed by atoms with Gasteiger partial charge in [0.15, 0.2) is 11.5 Å². The van der Waals surface area contributed by atoms with Gasteiger partial charge in [0, 0.05) is 41.4 Å². The number of carbonyl (C=O) groups is 3. The lowest BCUT2D eigenvalue weighted by molar-refractivity contribution is -0.139. The molecule has 1 aromatic heterocycles. The second-order valence-corrected chi connectivity index (χ2v) is 9.91. The number of hydrogen-bond donors (Lipinski definition) is 4. The van der Waals surface area contributed by atoms with Crippen LogP contribution < -0.4 is 15.4 Å². The lowest BCUT2D eigenvalue weighted by Crippen LogP contribution is -2.42. The second kappa shape index (κ2) is 11.8. The Morgan fingerprint density at radius 1 is 1.03 bits per heavy atom. The fourth-order valence-electron chi connectivity index (χ4n) is 4.32. The first-order chi connectivity index (χ1) is 17.8. The van der Waals surface area contributed by atoms with Crippen LogP contribution in [0.1, 0.15) is 28.1 Å². The third-order valence-corrected chi connectivity index (χ3v) is 7.58. The molecule has 2 amide bonds. The highest BCUT2D eigenvalue weighted by Gasteiger charge is 2.24. The van der Waals surface area contributed by atoms with Crippen LogP contribution in [0.3, 0.4) is 0 Å². The van der Waals surface area contributed by atoms with Gasteiger partial charge in [-0.2, -0.15) is 0 Å². The van der Waals surface area contributed by atoms with Crippen LogP contribution in [0.4, 0.5) is 16.2 Å². The summed E-state index contributed by atoms with van der Waals surface area (Å²) in [5.74, 6) is -1.81. The fourth-order valence-corrected chi connectivity index (χ4v) is 5.41. The number of hydrogen-bond acceptors (Lipinski definition) is 6. The van der Waals surface area contributed by atoms with E-state index in [1.165, 1.54) is 0 Å². The van der Waals surface area contributed by atoms with E-state index >= 15 is 0 Å². The highest BCUT2D eigenvalue weighted by molar-refractivity contribution is 7.18. The topological polar surface area (TPSA) is 128 Å². The van der Waals surface area contributed by atoms with Gasteiger partial charge in [-0.25, -0.2) is 14.4 Å². The quantitative estimate of drug-likeness (QED) is 0.302. The van der Waals surface area contributed by atoms with E-state index in [2.05, 4.69) is 10.6 Å². The Balaban J connectivity index is 1.35. The highest BCUT2D eigenvalue weighted by atomic mass is 32.1. The fraction of sp³-hybridized carbons (Fsp3) is 0.296. The number of rotatable bonds is 9. The number of urea groups is 1. The van der Waals surface area contributed by atoms with Gasteiger partial charge in [-0.15, -0.1) is 11.3 Å². The molecule has 0 bridgehead atoms. The van der Waals surface area contributed by atoms with Crippen molar-refractivity contribution < 1.29 is 29.3 Å². The molecule has 2 heterocycles. The number of benzene rings is 2. The molecule has 3 aromatic rings. The van der Waals surface area contributed by atoms with Gasteiger partial charge in [-0.1, -0.05) is 30.3 Å². The highest BCUT2D eigenvalue weighted by Crippen LogP contribution is 2.42. The molecule has 194 valence electrons. The molecule has 0 radical (unpaired) electrons. The zero-order valence-corrected chi connectivity index (χ0v) is 21.2. The van der Waals surface area contributed by atoms with Gasteiger partial charge in [0.05, 0.1) is 0 Å². The summed E-state index contributed by atoms with van der Waals surface area (Å²) < 4.78 is 5.29. The van der Waals surface area contributed by atoms with Gasteiger partial charge in [0.25, 0.3) is 0 Å². The molecule has 4 rings (SSSR count). The normalized spacial score (nSPS) is 13.7. The maximum absolute atomic E-state index is 12.5. The number of nitrogens with one attached hydrogen (secondary N) is 2. The van der Waals surface area contributed by atoms with Crippen LogP contribution in [-0.2, 0) is 4.79 Å². The first-order valence-corrected chi connectivity index (χ1v) is 12.8. The zero-order chi connectivity index (χ0) is 26.4. The molecule has 37 heavy (non-hydrogen) atoms. The van der Waals surface area contributed by atoms with Crippen molar-refractivity contribution in [3.8, 4) is 16.2 Å². The third kappa shape index (κ3) is 6.59. The van der Waals surface area contributed by atoms with Crippen molar-refractivity contribution in [1.29, 1.82) is 0 Å². The maximum atomic E-state index is 12.5. The summed E-state index contributed by atoms with van der Waals surface area (Å²) in [6, 6.07) is 17.0. The van der Waals surface area contributed by atoms with Gasteiger partial charge in [0.2, 0.25) is 0 Å². The molecule has 1 aliphatic rings. The van der Waals surface area contributed by atoms with Crippen LogP contribution in [0.15, 0.2) is 54.6 Å². The monoisotopic (exact) mass is 523 g/mol. The van der Waals surface area contributed by atoms with Crippen molar-refractivity contribution in [1.82, 2.24) is 4.90 Å². The number of anilines is 2. The standard InChI is InChI=1S/C27H29N3O6S/c1-17-23(36-16-22(31)32)25(26(33)34)37-24(17)19-6-5-9-21(14-19)28-15-18-10-12-30(13-11-18)27(35)29-20-7-3-2-4-8-20/h2-9,14,18,28H,10-13,15-16H2,1H3,(H,29,35)(H,31,32)(H,33,34). The molecule has 1 aliphatic heterocycles. The summed E-state index contributed by atoms with van der Waals surface area (Å²) in [7, 11) is 0. The summed E-state index contributed by atoms with van der Waals surface area (Å²) in [5, 5.41) is 24.9. The van der Waals surface area contributed by atoms with Crippen LogP contribution >= 0.6 is 11.3 Å². The van der Waals surface area contributed by atoms with Gasteiger partial charge in [0.1, 0.15) is 5.75 Å². The van der Waals surface area contributed by atoms with E-state index < -0.39 is 18.5 Å². The van der Waals surface area contributed by atoms with E-state index in [1.54, 1.807) is 6.92 Å². The van der Waals surface area contributed by atoms with Gasteiger partial charge < -0.3 is 30.5 Å². The number of thiophene rings is 1. The van der Waals surface area contributed by atoms with Gasteiger partial charge in [-0.3, -0.25) is 0 Å². The Hall–Kier alpha value is -4.05. The summed E-state index contributed by atoms with van der Waals surface area (Å²) >= 11 is 1.07. The van der Waals surface area contributed by atoms with Crippen molar-refractivity contribution in [2.75, 3.05) is 36.9 Å². The molecule has 0 aliphatic carbocycles. The largest absolute Gasteiger partial charge is 0.480 e. The lowest BCUT2D eigenvalue weighted by Gasteiger charge is -2.32. The van der Waals surface area contributed by atoms with E-state index in [1.807, 2.05) is 59.5 Å². The van der Waals surface area contributed by atoms with Crippen molar-refractivity contribution in [3.05, 3.63) is 65.0 Å². The third-order valence-electron chi connectivity index (χ3n) is 6.27. The number of likely N-dealkylation sites (tertiary alicyclic amines) is 1. The minimum absolute atomic E-state index is 0.0184. The Bertz CT molecular complexity index is 1270. The molecule has 0 atom stereocenters. The molecule has 4 N–H and O–H groups in total. The SMILES string of the molecule is Cc1c(-c2cccc(NCC3CCN(C(=O)Nc4ccccc4)CC3)c2)sc(C(=O)O)c1OCC(=O)O. The number of ether oxygens (including phenoxy) is 1. The van der Waals surface area contributed by atoms with Crippen molar-refractivity contribution in [2.45, 2.75) is 19.8 Å². The molecule has 1 fully saturated rings. The van der Waals surface area contributed by atoms with E-state index in [0.29, 0.717) is 24.6 Å². The average Bonchev–Trinajstić information content (AvgIpc) is 3.23. The first-order valence-electron chi connectivity index (χ1n) is 12.0. The minimum Gasteiger partial charge on any atom is -0.480 e. The minimum atomic E-state index is -1.17. The predicted molar refractivity (Wildman–Crippen MR) is 143 cm³/mol. The number of carboxylic acid groups (broad SMARTS) is 2. The molecular formula is C27H29N3O6S. The smallest absolute Gasteiger partial charge is 0.349 e. The summed E-state index contributed by atoms with van der Waals surface area (Å²) in [6.45, 7) is 3.27. The molecule has 0 saturated carbocycles. The van der Waals surface area contributed by atoms with Crippen LogP contribution in [0.25, 0.3) is 10.4 Å². The molecule has 1 saturated heterocycles. The van der Waals surface area contributed by atoms with Crippen LogP contribution in [-0.4, -0.2) is 59.3 Å². The van der Waals surface area contributed by atoms with Crippen LogP contribution in [0.2, 0.25) is 0 Å². The van der Waals surface area contributed by atoms with E-state index in [0.717, 1.165) is 52.5 Å². The number of para-hydroxylation sites is 1. The molecule has 10 heteroatoms. The van der Waals surface area contributed by atoms with E-state index in [9.17, 15) is 19.5 Å². The second-order valence-electron chi connectivity index (χ2n) is 8.89. The zero-order valence-electron chi connectivity index (χ0n) is 20.4. The number of nitrogens with zero attached hydrogens (tertiary/aromatic N) is 1. The molecule has 2 aromatic carbocycles. The van der Waals surface area contributed by atoms with Crippen molar-refractivity contribution >= 4 is 40.7 Å². The Labute approximate surface area is 218 Å². The Kier molecular flexibility index (Phi) is 8.29. The summed E-state index contributed by atoms with van der Waals surface area (Å²) in [5.41, 5.74) is 3.11. The van der Waals surface area contributed by atoms with Crippen LogP contribution in [0.5, 0.6) is 5.75 Å². The average molecular weight is 524 g/mol. The number of amides is 2. The number of aromatic carboxylic acids is 1. The Morgan fingerprint density at radius 3 is 2.41 bits per heavy atom. The Morgan fingerprint density at radius 2 is 1.73 bits per heavy atom. The van der Waals surface area contributed by atoms with Crippen LogP contribution in [0, 0.1) is 12.8 Å². The molecule has 9 nitrogen and oxygen atoms in total. The van der Waals surface area contributed by atoms with E-state index in [4.69, 9.17) is 9.84 Å². The van der Waals surface area contributed by atoms with E-state index in [-0.39, 0.29) is 16.7 Å². The van der Waals surface area contributed by atoms with Crippen molar-refractivity contribution in [3.63, 3.8) is 0 Å². The summed E-state index contributed by atoms with van der Waals surface area (Å²) in [4.78, 5) is 37.7. The predicted octanol–water partition coefficient (Wildman–Crippen LogP) is 5.24.